The number of aliphatic hydroxyl groups excluding tert-OH is 1. The van der Waals surface area contributed by atoms with Crippen LogP contribution >= 0.6 is 0 Å². The smallest absolute Gasteiger partial charge is 0.257 e. The maximum absolute atomic E-state index is 12.7. The molecule has 2 heterocycles. The highest BCUT2D eigenvalue weighted by Crippen LogP contribution is 2.24. The van der Waals surface area contributed by atoms with Gasteiger partial charge in [0, 0.05) is 12.7 Å². The molecule has 122 valence electrons. The first kappa shape index (κ1) is 15.7. The Morgan fingerprint density at radius 1 is 1.35 bits per heavy atom. The van der Waals surface area contributed by atoms with Gasteiger partial charge in [0.1, 0.15) is 0 Å². The lowest BCUT2D eigenvalue weighted by molar-refractivity contribution is 0.0358. The minimum atomic E-state index is -0.0891. The molecule has 1 N–H and O–H groups in total. The van der Waals surface area contributed by atoms with E-state index in [1.165, 1.54) is 0 Å². The summed E-state index contributed by atoms with van der Waals surface area (Å²) >= 11 is 0. The molecule has 2 unspecified atom stereocenters. The molecule has 1 fully saturated rings. The van der Waals surface area contributed by atoms with Crippen LogP contribution in [0.15, 0.2) is 42.7 Å². The quantitative estimate of drug-likeness (QED) is 0.941. The molecular weight excluding hydrogens is 290 g/mol. The van der Waals surface area contributed by atoms with Gasteiger partial charge >= 0.3 is 0 Å². The molecule has 0 saturated carbocycles. The molecule has 1 saturated heterocycles. The molecule has 5 heteroatoms. The first-order valence-electron chi connectivity index (χ1n) is 8.17. The van der Waals surface area contributed by atoms with E-state index in [0.717, 1.165) is 18.4 Å². The highest BCUT2D eigenvalue weighted by molar-refractivity contribution is 5.94. The van der Waals surface area contributed by atoms with Crippen LogP contribution in [0.1, 0.15) is 35.7 Å². The van der Waals surface area contributed by atoms with E-state index < -0.39 is 0 Å². The zero-order valence-electron chi connectivity index (χ0n) is 13.4. The molecule has 0 spiro atoms. The summed E-state index contributed by atoms with van der Waals surface area (Å²) in [5, 5.41) is 13.9. The zero-order chi connectivity index (χ0) is 16.2. The minimum Gasteiger partial charge on any atom is -0.394 e. The summed E-state index contributed by atoms with van der Waals surface area (Å²) in [6, 6.07) is 9.95. The van der Waals surface area contributed by atoms with Crippen LogP contribution in [0.5, 0.6) is 0 Å². The maximum atomic E-state index is 12.7. The van der Waals surface area contributed by atoms with Crippen LogP contribution in [0.3, 0.4) is 0 Å². The number of likely N-dealkylation sites (tertiary alicyclic amines) is 1. The van der Waals surface area contributed by atoms with E-state index >= 15 is 0 Å². The van der Waals surface area contributed by atoms with Gasteiger partial charge in [-0.25, -0.2) is 0 Å². The number of aliphatic hydroxyl groups is 1. The molecule has 0 radical (unpaired) electrons. The molecule has 0 bridgehead atoms. The molecule has 23 heavy (non-hydrogen) atoms. The van der Waals surface area contributed by atoms with Crippen LogP contribution < -0.4 is 0 Å². The Morgan fingerprint density at radius 2 is 2.13 bits per heavy atom. The van der Waals surface area contributed by atoms with E-state index in [4.69, 9.17) is 0 Å². The topological polar surface area (TPSA) is 58.4 Å². The number of carbonyl (C=O) groups is 1. The third-order valence-corrected chi connectivity index (χ3v) is 4.63. The van der Waals surface area contributed by atoms with E-state index in [0.29, 0.717) is 24.6 Å². The molecule has 2 aromatic rings. The van der Waals surface area contributed by atoms with Gasteiger partial charge in [0.15, 0.2) is 0 Å². The average Bonchev–Trinajstić information content (AvgIpc) is 3.03. The van der Waals surface area contributed by atoms with Crippen molar-refractivity contribution in [3.8, 4) is 0 Å². The van der Waals surface area contributed by atoms with Crippen molar-refractivity contribution < 1.29 is 9.90 Å². The van der Waals surface area contributed by atoms with Crippen molar-refractivity contribution in [1.82, 2.24) is 14.7 Å². The summed E-state index contributed by atoms with van der Waals surface area (Å²) in [6.07, 6.45) is 5.46. The van der Waals surface area contributed by atoms with Gasteiger partial charge in [-0.3, -0.25) is 9.48 Å². The van der Waals surface area contributed by atoms with Gasteiger partial charge in [-0.15, -0.1) is 0 Å². The predicted octanol–water partition coefficient (Wildman–Crippen LogP) is 2.16. The first-order valence-corrected chi connectivity index (χ1v) is 8.17. The Balaban J connectivity index is 1.73. The Morgan fingerprint density at radius 3 is 2.87 bits per heavy atom. The number of hydrogen-bond acceptors (Lipinski definition) is 3. The second-order valence-corrected chi connectivity index (χ2v) is 6.28. The number of carbonyl (C=O) groups excluding carboxylic acids is 1. The van der Waals surface area contributed by atoms with Crippen molar-refractivity contribution >= 4 is 5.91 Å². The van der Waals surface area contributed by atoms with Crippen molar-refractivity contribution in [1.29, 1.82) is 0 Å². The maximum Gasteiger partial charge on any atom is 0.257 e. The lowest BCUT2D eigenvalue weighted by Gasteiger charge is -2.38. The van der Waals surface area contributed by atoms with Crippen molar-refractivity contribution in [2.75, 3.05) is 13.2 Å². The molecular formula is C18H23N3O2. The minimum absolute atomic E-state index is 0.0189. The molecule has 1 aliphatic rings. The van der Waals surface area contributed by atoms with Crippen LogP contribution in [-0.2, 0) is 6.54 Å². The first-order chi connectivity index (χ1) is 11.2. The van der Waals surface area contributed by atoms with E-state index in [-0.39, 0.29) is 18.6 Å². The molecule has 3 rings (SSSR count). The summed E-state index contributed by atoms with van der Waals surface area (Å²) in [6.45, 7) is 3.47. The Kier molecular flexibility index (Phi) is 4.76. The zero-order valence-corrected chi connectivity index (χ0v) is 13.4. The summed E-state index contributed by atoms with van der Waals surface area (Å²) in [5.74, 6) is 0.298. The monoisotopic (exact) mass is 313 g/mol. The number of benzene rings is 1. The van der Waals surface area contributed by atoms with Gasteiger partial charge in [0.25, 0.3) is 5.91 Å². The summed E-state index contributed by atoms with van der Waals surface area (Å²) in [4.78, 5) is 14.5. The Bertz CT molecular complexity index is 653. The fourth-order valence-corrected chi connectivity index (χ4v) is 3.28. The molecule has 1 aromatic carbocycles. The van der Waals surface area contributed by atoms with Crippen molar-refractivity contribution in [3.63, 3.8) is 0 Å². The molecule has 0 aliphatic carbocycles. The number of aromatic nitrogens is 2. The third kappa shape index (κ3) is 3.45. The lowest BCUT2D eigenvalue weighted by Crippen LogP contribution is -2.49. The second kappa shape index (κ2) is 6.96. The largest absolute Gasteiger partial charge is 0.394 e. The van der Waals surface area contributed by atoms with Gasteiger partial charge in [0.2, 0.25) is 0 Å². The number of nitrogens with zero attached hydrogens (tertiary/aromatic N) is 3. The fourth-order valence-electron chi connectivity index (χ4n) is 3.28. The number of rotatable bonds is 4. The Hall–Kier alpha value is -2.14. The molecule has 2 atom stereocenters. The van der Waals surface area contributed by atoms with Crippen LogP contribution in [-0.4, -0.2) is 44.9 Å². The van der Waals surface area contributed by atoms with Gasteiger partial charge in [-0.1, -0.05) is 37.3 Å². The van der Waals surface area contributed by atoms with E-state index in [1.54, 1.807) is 22.0 Å². The van der Waals surface area contributed by atoms with E-state index in [1.807, 2.05) is 30.3 Å². The van der Waals surface area contributed by atoms with Gasteiger partial charge < -0.3 is 10.0 Å². The summed E-state index contributed by atoms with van der Waals surface area (Å²) < 4.78 is 1.78. The van der Waals surface area contributed by atoms with Crippen molar-refractivity contribution in [3.05, 3.63) is 53.9 Å². The third-order valence-electron chi connectivity index (χ3n) is 4.63. The Labute approximate surface area is 136 Å². The molecule has 1 aliphatic heterocycles. The summed E-state index contributed by atoms with van der Waals surface area (Å²) in [5.41, 5.74) is 1.74. The van der Waals surface area contributed by atoms with Crippen LogP contribution in [0.25, 0.3) is 0 Å². The van der Waals surface area contributed by atoms with Gasteiger partial charge in [0.05, 0.1) is 31.0 Å². The van der Waals surface area contributed by atoms with E-state index in [9.17, 15) is 9.90 Å². The highest BCUT2D eigenvalue weighted by Gasteiger charge is 2.32. The predicted molar refractivity (Wildman–Crippen MR) is 88.1 cm³/mol. The molecule has 1 amide bonds. The fraction of sp³-hybridized carbons (Fsp3) is 0.444. The lowest BCUT2D eigenvalue weighted by atomic mass is 9.91. The molecule has 5 nitrogen and oxygen atoms in total. The second-order valence-electron chi connectivity index (χ2n) is 6.28. The van der Waals surface area contributed by atoms with Crippen molar-refractivity contribution in [2.24, 2.45) is 5.92 Å². The normalized spacial score (nSPS) is 21.4. The van der Waals surface area contributed by atoms with Crippen LogP contribution in [0, 0.1) is 5.92 Å². The van der Waals surface area contributed by atoms with Gasteiger partial charge in [-0.05, 0) is 24.3 Å². The number of amides is 1. The van der Waals surface area contributed by atoms with E-state index in [2.05, 4.69) is 12.0 Å². The summed E-state index contributed by atoms with van der Waals surface area (Å²) in [7, 11) is 0. The molecule has 1 aromatic heterocycles. The van der Waals surface area contributed by atoms with Gasteiger partial charge in [-0.2, -0.15) is 5.10 Å². The number of hydrogen-bond donors (Lipinski definition) is 1. The van der Waals surface area contributed by atoms with Crippen LogP contribution in [0.2, 0.25) is 0 Å². The average molecular weight is 313 g/mol. The highest BCUT2D eigenvalue weighted by atomic mass is 16.3. The SMILES string of the molecule is CC1CCCN(C(=O)c2cnn(Cc3ccccc3)c2)C1CO. The standard InChI is InChI=1S/C18H23N3O2/c1-14-6-5-9-21(17(14)13-22)18(23)16-10-19-20(12-16)11-15-7-3-2-4-8-15/h2-4,7-8,10,12,14,17,22H,5-6,9,11,13H2,1H3. The number of piperidine rings is 1. The van der Waals surface area contributed by atoms with Crippen molar-refractivity contribution in [2.45, 2.75) is 32.4 Å². The van der Waals surface area contributed by atoms with Crippen LogP contribution in [0.4, 0.5) is 0 Å².